The van der Waals surface area contributed by atoms with E-state index in [4.69, 9.17) is 0 Å². The Balaban J connectivity index is 1.89. The quantitative estimate of drug-likeness (QED) is 0.842. The van der Waals surface area contributed by atoms with Gasteiger partial charge in [0.15, 0.2) is 0 Å². The third-order valence-corrected chi connectivity index (χ3v) is 4.09. The lowest BCUT2D eigenvalue weighted by Crippen LogP contribution is -2.28. The van der Waals surface area contributed by atoms with Crippen LogP contribution in [0.5, 0.6) is 0 Å². The Morgan fingerprint density at radius 3 is 2.50 bits per heavy atom. The Hall–Kier alpha value is -2.67. The van der Waals surface area contributed by atoms with Crippen LogP contribution in [0.3, 0.4) is 0 Å². The summed E-state index contributed by atoms with van der Waals surface area (Å²) in [5, 5.41) is 7.23. The number of hydrogen-bond acceptors (Lipinski definition) is 4. The van der Waals surface area contributed by atoms with Crippen LogP contribution in [0.4, 0.5) is 5.69 Å². The zero-order valence-corrected chi connectivity index (χ0v) is 14.4. The predicted molar refractivity (Wildman–Crippen MR) is 94.4 cm³/mol. The zero-order valence-electron chi connectivity index (χ0n) is 13.5. The van der Waals surface area contributed by atoms with E-state index in [-0.39, 0.29) is 30.7 Å². The summed E-state index contributed by atoms with van der Waals surface area (Å²) in [6.45, 7) is 0.229. The number of amides is 3. The fraction of sp³-hybridized carbons (Fsp3) is 0.235. The Bertz CT molecular complexity index is 726. The molecule has 2 rings (SSSR count). The van der Waals surface area contributed by atoms with Crippen molar-refractivity contribution in [3.05, 3.63) is 52.2 Å². The van der Waals surface area contributed by atoms with Crippen LogP contribution in [0.25, 0.3) is 0 Å². The highest BCUT2D eigenvalue weighted by atomic mass is 32.1. The Morgan fingerprint density at radius 2 is 1.83 bits per heavy atom. The van der Waals surface area contributed by atoms with Crippen LogP contribution in [-0.4, -0.2) is 43.3 Å². The first-order valence-corrected chi connectivity index (χ1v) is 8.29. The highest BCUT2D eigenvalue weighted by Gasteiger charge is 2.14. The third-order valence-electron chi connectivity index (χ3n) is 3.22. The van der Waals surface area contributed by atoms with Gasteiger partial charge in [0.2, 0.25) is 5.91 Å². The Labute approximate surface area is 144 Å². The molecule has 24 heavy (non-hydrogen) atoms. The van der Waals surface area contributed by atoms with Crippen molar-refractivity contribution in [3.8, 4) is 0 Å². The normalized spacial score (nSPS) is 10.1. The molecule has 0 radical (unpaired) electrons. The average molecular weight is 345 g/mol. The number of anilines is 1. The number of rotatable bonds is 6. The summed E-state index contributed by atoms with van der Waals surface area (Å²) < 4.78 is 0. The van der Waals surface area contributed by atoms with Crippen LogP contribution in [0.1, 0.15) is 26.5 Å². The molecule has 0 saturated heterocycles. The molecule has 2 aromatic rings. The van der Waals surface area contributed by atoms with Crippen molar-refractivity contribution in [2.24, 2.45) is 0 Å². The van der Waals surface area contributed by atoms with Gasteiger partial charge in [-0.3, -0.25) is 14.4 Å². The number of carbonyl (C=O) groups is 3. The predicted octanol–water partition coefficient (Wildman–Crippen LogP) is 2.21. The molecular formula is C17H19N3O3S. The molecule has 0 saturated carbocycles. The topological polar surface area (TPSA) is 78.5 Å². The van der Waals surface area contributed by atoms with Crippen LogP contribution in [0, 0.1) is 0 Å². The van der Waals surface area contributed by atoms with Crippen molar-refractivity contribution >= 4 is 34.7 Å². The SMILES string of the molecule is CN(C)C(=O)c1ccccc1NC(=O)CCNC(=O)c1cccs1. The molecule has 6 nitrogen and oxygen atoms in total. The van der Waals surface area contributed by atoms with E-state index >= 15 is 0 Å². The van der Waals surface area contributed by atoms with Gasteiger partial charge in [-0.1, -0.05) is 18.2 Å². The molecule has 0 aliphatic heterocycles. The maximum absolute atomic E-state index is 12.1. The van der Waals surface area contributed by atoms with Gasteiger partial charge in [0.25, 0.3) is 11.8 Å². The van der Waals surface area contributed by atoms with Crippen molar-refractivity contribution in [2.75, 3.05) is 26.0 Å². The van der Waals surface area contributed by atoms with E-state index in [1.165, 1.54) is 16.2 Å². The van der Waals surface area contributed by atoms with Gasteiger partial charge in [-0.15, -0.1) is 11.3 Å². The van der Waals surface area contributed by atoms with E-state index in [0.717, 1.165) is 0 Å². The second kappa shape index (κ2) is 8.26. The highest BCUT2D eigenvalue weighted by Crippen LogP contribution is 2.16. The van der Waals surface area contributed by atoms with E-state index in [1.54, 1.807) is 50.5 Å². The van der Waals surface area contributed by atoms with Crippen molar-refractivity contribution < 1.29 is 14.4 Å². The molecule has 1 heterocycles. The maximum Gasteiger partial charge on any atom is 0.261 e. The average Bonchev–Trinajstić information content (AvgIpc) is 3.09. The Morgan fingerprint density at radius 1 is 1.08 bits per heavy atom. The van der Waals surface area contributed by atoms with Crippen LogP contribution in [-0.2, 0) is 4.79 Å². The highest BCUT2D eigenvalue weighted by molar-refractivity contribution is 7.12. The molecule has 0 unspecified atom stereocenters. The fourth-order valence-corrected chi connectivity index (χ4v) is 2.66. The Kier molecular flexibility index (Phi) is 6.08. The number of benzene rings is 1. The lowest BCUT2D eigenvalue weighted by Gasteiger charge is -2.14. The van der Waals surface area contributed by atoms with E-state index in [1.807, 2.05) is 5.38 Å². The molecule has 1 aromatic carbocycles. The molecule has 0 fully saturated rings. The molecule has 0 aliphatic carbocycles. The van der Waals surface area contributed by atoms with E-state index in [9.17, 15) is 14.4 Å². The van der Waals surface area contributed by atoms with E-state index in [2.05, 4.69) is 10.6 Å². The van der Waals surface area contributed by atoms with Crippen molar-refractivity contribution in [2.45, 2.75) is 6.42 Å². The van der Waals surface area contributed by atoms with Gasteiger partial charge in [0, 0.05) is 27.1 Å². The smallest absolute Gasteiger partial charge is 0.261 e. The minimum Gasteiger partial charge on any atom is -0.351 e. The second-order valence-corrected chi connectivity index (χ2v) is 6.22. The molecular weight excluding hydrogens is 326 g/mol. The summed E-state index contributed by atoms with van der Waals surface area (Å²) >= 11 is 1.35. The zero-order chi connectivity index (χ0) is 17.5. The summed E-state index contributed by atoms with van der Waals surface area (Å²) in [5.74, 6) is -0.640. The number of hydrogen-bond donors (Lipinski definition) is 2. The molecule has 1 aromatic heterocycles. The monoisotopic (exact) mass is 345 g/mol. The molecule has 3 amide bonds. The van der Waals surface area contributed by atoms with Crippen LogP contribution < -0.4 is 10.6 Å². The standard InChI is InChI=1S/C17H19N3O3S/c1-20(2)17(23)12-6-3-4-7-13(12)19-15(21)9-10-18-16(22)14-8-5-11-24-14/h3-8,11H,9-10H2,1-2H3,(H,18,22)(H,19,21). The first-order chi connectivity index (χ1) is 11.5. The number of para-hydroxylation sites is 1. The van der Waals surface area contributed by atoms with Crippen molar-refractivity contribution in [3.63, 3.8) is 0 Å². The van der Waals surface area contributed by atoms with Crippen LogP contribution in [0.15, 0.2) is 41.8 Å². The maximum atomic E-state index is 12.1. The van der Waals surface area contributed by atoms with Gasteiger partial charge in [0.1, 0.15) is 0 Å². The van der Waals surface area contributed by atoms with Gasteiger partial charge in [-0.05, 0) is 23.6 Å². The van der Waals surface area contributed by atoms with Gasteiger partial charge in [-0.25, -0.2) is 0 Å². The fourth-order valence-electron chi connectivity index (χ4n) is 2.02. The molecule has 2 N–H and O–H groups in total. The number of nitrogens with one attached hydrogen (secondary N) is 2. The number of nitrogens with zero attached hydrogens (tertiary/aromatic N) is 1. The summed E-state index contributed by atoms with van der Waals surface area (Å²) in [7, 11) is 3.31. The second-order valence-electron chi connectivity index (χ2n) is 5.28. The summed E-state index contributed by atoms with van der Waals surface area (Å²) in [4.78, 5) is 38.0. The molecule has 0 spiro atoms. The minimum absolute atomic E-state index is 0.127. The van der Waals surface area contributed by atoms with Crippen molar-refractivity contribution in [1.29, 1.82) is 0 Å². The molecule has 7 heteroatoms. The minimum atomic E-state index is -0.263. The van der Waals surface area contributed by atoms with Gasteiger partial charge >= 0.3 is 0 Å². The van der Waals surface area contributed by atoms with Gasteiger partial charge < -0.3 is 15.5 Å². The summed E-state index contributed by atoms with van der Waals surface area (Å²) in [5.41, 5.74) is 0.893. The molecule has 0 aliphatic rings. The molecule has 0 bridgehead atoms. The number of carbonyl (C=O) groups excluding carboxylic acids is 3. The number of thiophene rings is 1. The lowest BCUT2D eigenvalue weighted by molar-refractivity contribution is -0.116. The summed E-state index contributed by atoms with van der Waals surface area (Å²) in [6, 6.07) is 10.4. The summed E-state index contributed by atoms with van der Waals surface area (Å²) in [6.07, 6.45) is 0.127. The van der Waals surface area contributed by atoms with E-state index < -0.39 is 0 Å². The molecule has 126 valence electrons. The molecule has 0 atom stereocenters. The van der Waals surface area contributed by atoms with E-state index in [0.29, 0.717) is 16.1 Å². The van der Waals surface area contributed by atoms with Crippen molar-refractivity contribution in [1.82, 2.24) is 10.2 Å². The third kappa shape index (κ3) is 4.66. The first-order valence-electron chi connectivity index (χ1n) is 7.41. The van der Waals surface area contributed by atoms with Gasteiger partial charge in [0.05, 0.1) is 16.1 Å². The lowest BCUT2D eigenvalue weighted by atomic mass is 10.1. The van der Waals surface area contributed by atoms with Gasteiger partial charge in [-0.2, -0.15) is 0 Å². The largest absolute Gasteiger partial charge is 0.351 e. The first kappa shape index (κ1) is 17.7. The van der Waals surface area contributed by atoms with Crippen LogP contribution in [0.2, 0.25) is 0 Å². The van der Waals surface area contributed by atoms with Crippen LogP contribution >= 0.6 is 11.3 Å².